The number of hydrogen-bond acceptors (Lipinski definition) is 7. The van der Waals surface area contributed by atoms with Crippen molar-refractivity contribution in [2.24, 2.45) is 0 Å². The van der Waals surface area contributed by atoms with E-state index in [2.05, 4.69) is 10.1 Å². The maximum Gasteiger partial charge on any atom is 0.311 e. The Hall–Kier alpha value is -3.39. The van der Waals surface area contributed by atoms with Gasteiger partial charge in [-0.2, -0.15) is 8.78 Å². The van der Waals surface area contributed by atoms with Gasteiger partial charge in [0.2, 0.25) is 40.7 Å². The van der Waals surface area contributed by atoms with E-state index >= 15 is 0 Å². The van der Waals surface area contributed by atoms with E-state index in [0.717, 1.165) is 17.1 Å². The van der Waals surface area contributed by atoms with Gasteiger partial charge in [-0.15, -0.1) is 0 Å². The van der Waals surface area contributed by atoms with Gasteiger partial charge in [-0.25, -0.2) is 13.2 Å². The Morgan fingerprint density at radius 1 is 0.775 bits per heavy atom. The lowest BCUT2D eigenvalue weighted by molar-refractivity contribution is -0.138. The fraction of sp³-hybridized carbons (Fsp3) is 0.538. The Morgan fingerprint density at radius 2 is 1.25 bits per heavy atom. The molecule has 0 fully saturated rings. The number of nitrogens with zero attached hydrogens (tertiary/aromatic N) is 1. The van der Waals surface area contributed by atoms with Gasteiger partial charge in [0.05, 0.1) is 24.4 Å². The van der Waals surface area contributed by atoms with Gasteiger partial charge in [0.25, 0.3) is 11.8 Å². The molecule has 3 amide bonds. The zero-order chi connectivity index (χ0) is 30.3. The highest BCUT2D eigenvalue weighted by Crippen LogP contribution is 2.30. The number of imide groups is 1. The number of amides is 3. The average Bonchev–Trinajstić information content (AvgIpc) is 3.21. The third-order valence-electron chi connectivity index (χ3n) is 5.90. The highest BCUT2D eigenvalue weighted by molar-refractivity contribution is 6.13. The van der Waals surface area contributed by atoms with E-state index < -0.39 is 70.2 Å². The molecule has 1 aromatic rings. The first kappa shape index (κ1) is 32.8. The third kappa shape index (κ3) is 9.37. The number of carbonyl (C=O) groups is 4. The quantitative estimate of drug-likeness (QED) is 0.0646. The maximum atomic E-state index is 13.7. The lowest BCUT2D eigenvalue weighted by atomic mass is 10.0. The van der Waals surface area contributed by atoms with E-state index in [4.69, 9.17) is 9.47 Å². The van der Waals surface area contributed by atoms with Crippen molar-refractivity contribution in [3.8, 4) is 5.75 Å². The van der Waals surface area contributed by atoms with E-state index in [1.165, 1.54) is 0 Å². The molecule has 0 aliphatic carbocycles. The highest BCUT2D eigenvalue weighted by Gasteiger charge is 2.30. The molecule has 0 saturated carbocycles. The minimum absolute atomic E-state index is 0.00133. The van der Waals surface area contributed by atoms with Gasteiger partial charge < -0.3 is 19.5 Å². The van der Waals surface area contributed by atoms with E-state index in [0.29, 0.717) is 6.42 Å². The van der Waals surface area contributed by atoms with Crippen LogP contribution in [0.1, 0.15) is 53.4 Å². The normalized spacial score (nSPS) is 13.8. The maximum absolute atomic E-state index is 13.7. The zero-order valence-corrected chi connectivity index (χ0v) is 22.5. The molecule has 40 heavy (non-hydrogen) atoms. The molecule has 1 aromatic carbocycles. The van der Waals surface area contributed by atoms with Crippen molar-refractivity contribution in [1.82, 2.24) is 10.2 Å². The summed E-state index contributed by atoms with van der Waals surface area (Å²) in [5.41, 5.74) is -1.58. The topological polar surface area (TPSA) is 111 Å². The van der Waals surface area contributed by atoms with Crippen LogP contribution in [0, 0.1) is 29.1 Å². The Labute approximate surface area is 227 Å². The van der Waals surface area contributed by atoms with Crippen LogP contribution < -0.4 is 10.1 Å². The number of carbonyl (C=O) groups excluding carboxylic acids is 4. The second-order valence-corrected chi connectivity index (χ2v) is 10.1. The van der Waals surface area contributed by atoms with E-state index in [9.17, 15) is 41.1 Å². The lowest BCUT2D eigenvalue weighted by Crippen LogP contribution is -2.37. The van der Waals surface area contributed by atoms with E-state index in [1.54, 1.807) is 27.7 Å². The Balaban J connectivity index is 1.67. The second kappa shape index (κ2) is 13.8. The molecule has 0 unspecified atom stereocenters. The predicted octanol–water partition coefficient (Wildman–Crippen LogP) is 3.48. The summed E-state index contributed by atoms with van der Waals surface area (Å²) < 4.78 is 82.9. The molecule has 0 spiro atoms. The van der Waals surface area contributed by atoms with E-state index in [-0.39, 0.29) is 45.1 Å². The molecular weight excluding hydrogens is 547 g/mol. The molecule has 0 aromatic heterocycles. The third-order valence-corrected chi connectivity index (χ3v) is 5.90. The van der Waals surface area contributed by atoms with Crippen molar-refractivity contribution in [3.05, 3.63) is 41.2 Å². The molecular formula is C26H31F5N2O7. The number of nitrogens with one attached hydrogen (secondary N) is 1. The summed E-state index contributed by atoms with van der Waals surface area (Å²) in [6, 6.07) is 0. The summed E-state index contributed by atoms with van der Waals surface area (Å²) in [5, 5.41) is 2.70. The van der Waals surface area contributed by atoms with Crippen LogP contribution in [-0.2, 0) is 28.7 Å². The van der Waals surface area contributed by atoms with Crippen LogP contribution in [0.3, 0.4) is 0 Å². The van der Waals surface area contributed by atoms with Crippen LogP contribution >= 0.6 is 0 Å². The van der Waals surface area contributed by atoms with Gasteiger partial charge in [0, 0.05) is 38.1 Å². The largest absolute Gasteiger partial charge is 0.420 e. The zero-order valence-electron chi connectivity index (χ0n) is 22.5. The molecule has 1 aliphatic rings. The Bertz CT molecular complexity index is 1120. The summed E-state index contributed by atoms with van der Waals surface area (Å²) in [5.74, 6) is -15.4. The number of rotatable bonds is 15. The molecule has 222 valence electrons. The SMILES string of the molecule is CC(C)(CCNC(=O)CCN1C(=O)C=CC1=O)OCCOC(C)(C)CCC(=O)Oc1c(F)c(F)c(F)c(F)c1F. The monoisotopic (exact) mass is 578 g/mol. The van der Waals surface area contributed by atoms with Crippen molar-refractivity contribution < 1.29 is 55.3 Å². The van der Waals surface area contributed by atoms with Gasteiger partial charge in [0.1, 0.15) is 0 Å². The van der Waals surface area contributed by atoms with Crippen LogP contribution in [0.15, 0.2) is 12.2 Å². The molecule has 1 N–H and O–H groups in total. The number of esters is 1. The van der Waals surface area contributed by atoms with Crippen molar-refractivity contribution in [1.29, 1.82) is 0 Å². The molecule has 0 radical (unpaired) electrons. The summed E-state index contributed by atoms with van der Waals surface area (Å²) in [6.07, 6.45) is 2.27. The van der Waals surface area contributed by atoms with Gasteiger partial charge >= 0.3 is 5.97 Å². The van der Waals surface area contributed by atoms with Crippen LogP contribution in [-0.4, -0.2) is 66.1 Å². The van der Waals surface area contributed by atoms with Crippen molar-refractivity contribution >= 4 is 23.7 Å². The fourth-order valence-corrected chi connectivity index (χ4v) is 3.48. The first-order chi connectivity index (χ1) is 18.5. The first-order valence-corrected chi connectivity index (χ1v) is 12.3. The molecule has 0 saturated heterocycles. The highest BCUT2D eigenvalue weighted by atomic mass is 19.2. The van der Waals surface area contributed by atoms with Crippen LogP contribution in [0.2, 0.25) is 0 Å². The average molecular weight is 579 g/mol. The van der Waals surface area contributed by atoms with Crippen LogP contribution in [0.25, 0.3) is 0 Å². The number of halogens is 5. The van der Waals surface area contributed by atoms with Gasteiger partial charge in [0.15, 0.2) is 0 Å². The number of ether oxygens (including phenoxy) is 3. The summed E-state index contributed by atoms with van der Waals surface area (Å²) in [7, 11) is 0. The molecule has 0 bridgehead atoms. The van der Waals surface area contributed by atoms with Crippen molar-refractivity contribution in [3.63, 3.8) is 0 Å². The minimum atomic E-state index is -2.36. The van der Waals surface area contributed by atoms with Gasteiger partial charge in [-0.1, -0.05) is 0 Å². The standard InChI is InChI=1S/C26H31F5N2O7/c1-25(2,9-7-18(37)40-24-22(30)20(28)19(27)21(29)23(24)31)38-13-14-39-26(3,4)10-11-32-15(34)8-12-33-16(35)5-6-17(33)36/h5-6H,7-14H2,1-4H3,(H,32,34). The Kier molecular flexibility index (Phi) is 11.3. The van der Waals surface area contributed by atoms with Crippen LogP contribution in [0.5, 0.6) is 5.75 Å². The first-order valence-electron chi connectivity index (χ1n) is 12.3. The summed E-state index contributed by atoms with van der Waals surface area (Å²) >= 11 is 0. The summed E-state index contributed by atoms with van der Waals surface area (Å²) in [4.78, 5) is 47.9. The smallest absolute Gasteiger partial charge is 0.311 e. The molecule has 2 rings (SSSR count). The number of hydrogen-bond donors (Lipinski definition) is 1. The van der Waals surface area contributed by atoms with Gasteiger partial charge in [-0.3, -0.25) is 24.1 Å². The molecule has 0 atom stereocenters. The van der Waals surface area contributed by atoms with Crippen LogP contribution in [0.4, 0.5) is 22.0 Å². The van der Waals surface area contributed by atoms with Crippen molar-refractivity contribution in [2.45, 2.75) is 64.6 Å². The van der Waals surface area contributed by atoms with Gasteiger partial charge in [-0.05, 0) is 40.5 Å². The molecule has 1 aliphatic heterocycles. The second-order valence-electron chi connectivity index (χ2n) is 10.1. The lowest BCUT2D eigenvalue weighted by Gasteiger charge is -2.28. The fourth-order valence-electron chi connectivity index (χ4n) is 3.48. The minimum Gasteiger partial charge on any atom is -0.420 e. The number of benzene rings is 1. The summed E-state index contributed by atoms with van der Waals surface area (Å²) in [6.45, 7) is 7.35. The van der Waals surface area contributed by atoms with Crippen molar-refractivity contribution in [2.75, 3.05) is 26.3 Å². The Morgan fingerprint density at radius 3 is 1.77 bits per heavy atom. The molecule has 1 heterocycles. The molecule has 14 heteroatoms. The predicted molar refractivity (Wildman–Crippen MR) is 129 cm³/mol. The molecule has 9 nitrogen and oxygen atoms in total. The van der Waals surface area contributed by atoms with E-state index in [1.807, 2.05) is 0 Å².